The molecule has 12 heavy (non-hydrogen) atoms. The lowest BCUT2D eigenvalue weighted by Crippen LogP contribution is -2.20. The first kappa shape index (κ1) is 11.9. The monoisotopic (exact) mass is 172 g/mol. The van der Waals surface area contributed by atoms with Crippen LogP contribution < -0.4 is 10.6 Å². The summed E-state index contributed by atoms with van der Waals surface area (Å²) in [7, 11) is 2.01. The second-order valence-corrected chi connectivity index (χ2v) is 3.76. The molecular weight excluding hydrogens is 148 g/mol. The maximum absolute atomic E-state index is 3.44. The van der Waals surface area contributed by atoms with Crippen molar-refractivity contribution in [3.05, 3.63) is 0 Å². The molecule has 2 N–H and O–H groups in total. The normalized spacial score (nSPS) is 11.0. The van der Waals surface area contributed by atoms with E-state index in [1.54, 1.807) is 0 Å². The minimum atomic E-state index is 0.780. The zero-order valence-electron chi connectivity index (χ0n) is 8.82. The number of rotatable bonds is 8. The standard InChI is InChI=1S/C10H24N2/c1-10(2)9-12-8-6-4-5-7-11-3/h10-12H,4-9H2,1-3H3. The van der Waals surface area contributed by atoms with Crippen LogP contribution in [0.2, 0.25) is 0 Å². The summed E-state index contributed by atoms with van der Waals surface area (Å²) in [4.78, 5) is 0. The molecule has 0 aliphatic rings. The van der Waals surface area contributed by atoms with Crippen LogP contribution in [0.5, 0.6) is 0 Å². The van der Waals surface area contributed by atoms with Crippen molar-refractivity contribution in [1.82, 2.24) is 10.6 Å². The molecule has 0 aromatic rings. The molecule has 0 aliphatic heterocycles. The summed E-state index contributed by atoms with van der Waals surface area (Å²) >= 11 is 0. The molecule has 0 spiro atoms. The van der Waals surface area contributed by atoms with E-state index in [-0.39, 0.29) is 0 Å². The summed E-state index contributed by atoms with van der Waals surface area (Å²) < 4.78 is 0. The van der Waals surface area contributed by atoms with E-state index in [9.17, 15) is 0 Å². The Hall–Kier alpha value is -0.0800. The van der Waals surface area contributed by atoms with E-state index >= 15 is 0 Å². The van der Waals surface area contributed by atoms with Crippen LogP contribution in [0, 0.1) is 5.92 Å². The number of hydrogen-bond donors (Lipinski definition) is 2. The predicted octanol–water partition coefficient (Wildman–Crippen LogP) is 1.62. The van der Waals surface area contributed by atoms with Gasteiger partial charge in [0.15, 0.2) is 0 Å². The number of unbranched alkanes of at least 4 members (excludes halogenated alkanes) is 2. The third-order valence-corrected chi connectivity index (χ3v) is 1.83. The van der Waals surface area contributed by atoms with E-state index in [2.05, 4.69) is 24.5 Å². The van der Waals surface area contributed by atoms with E-state index < -0.39 is 0 Å². The van der Waals surface area contributed by atoms with E-state index in [1.165, 1.54) is 25.8 Å². The van der Waals surface area contributed by atoms with Crippen molar-refractivity contribution in [2.75, 3.05) is 26.7 Å². The molecule has 0 bridgehead atoms. The summed E-state index contributed by atoms with van der Waals surface area (Å²) in [6.07, 6.45) is 3.96. The van der Waals surface area contributed by atoms with Crippen molar-refractivity contribution >= 4 is 0 Å². The molecule has 0 saturated heterocycles. The molecule has 0 aliphatic carbocycles. The van der Waals surface area contributed by atoms with Crippen LogP contribution in [0.15, 0.2) is 0 Å². The summed E-state index contributed by atoms with van der Waals surface area (Å²) in [5.74, 6) is 0.780. The van der Waals surface area contributed by atoms with Crippen LogP contribution >= 0.6 is 0 Å². The second-order valence-electron chi connectivity index (χ2n) is 3.76. The molecule has 74 valence electrons. The van der Waals surface area contributed by atoms with Gasteiger partial charge in [0.2, 0.25) is 0 Å². The lowest BCUT2D eigenvalue weighted by Gasteiger charge is -2.06. The highest BCUT2D eigenvalue weighted by molar-refractivity contribution is 4.52. The maximum Gasteiger partial charge on any atom is -0.00258 e. The number of nitrogens with one attached hydrogen (secondary N) is 2. The largest absolute Gasteiger partial charge is 0.320 e. The smallest absolute Gasteiger partial charge is 0.00258 e. The molecular formula is C10H24N2. The van der Waals surface area contributed by atoms with Gasteiger partial charge in [0, 0.05) is 0 Å². The fourth-order valence-corrected chi connectivity index (χ4v) is 1.12. The molecule has 0 fully saturated rings. The van der Waals surface area contributed by atoms with Crippen molar-refractivity contribution in [3.63, 3.8) is 0 Å². The van der Waals surface area contributed by atoms with Gasteiger partial charge in [0.05, 0.1) is 0 Å². The highest BCUT2D eigenvalue weighted by Gasteiger charge is 1.92. The van der Waals surface area contributed by atoms with E-state index in [0.717, 1.165) is 19.0 Å². The Labute approximate surface area is 77.1 Å². The van der Waals surface area contributed by atoms with Crippen molar-refractivity contribution in [1.29, 1.82) is 0 Å². The average molecular weight is 172 g/mol. The van der Waals surface area contributed by atoms with Gasteiger partial charge < -0.3 is 10.6 Å². The Kier molecular flexibility index (Phi) is 8.95. The highest BCUT2D eigenvalue weighted by Crippen LogP contribution is 1.93. The van der Waals surface area contributed by atoms with Crippen molar-refractivity contribution in [2.24, 2.45) is 5.92 Å². The van der Waals surface area contributed by atoms with Gasteiger partial charge in [-0.05, 0) is 45.4 Å². The quantitative estimate of drug-likeness (QED) is 0.544. The Morgan fingerprint density at radius 2 is 1.67 bits per heavy atom. The Morgan fingerprint density at radius 1 is 1.00 bits per heavy atom. The topological polar surface area (TPSA) is 24.1 Å². The van der Waals surface area contributed by atoms with Gasteiger partial charge in [0.1, 0.15) is 0 Å². The third kappa shape index (κ3) is 9.92. The lowest BCUT2D eigenvalue weighted by molar-refractivity contribution is 0.527. The minimum absolute atomic E-state index is 0.780. The molecule has 0 amide bonds. The molecule has 0 aromatic heterocycles. The molecule has 0 aromatic carbocycles. The molecule has 0 saturated carbocycles. The molecule has 0 unspecified atom stereocenters. The summed E-state index contributed by atoms with van der Waals surface area (Å²) in [6.45, 7) is 7.99. The summed E-state index contributed by atoms with van der Waals surface area (Å²) in [6, 6.07) is 0. The minimum Gasteiger partial charge on any atom is -0.320 e. The van der Waals surface area contributed by atoms with Gasteiger partial charge in [-0.2, -0.15) is 0 Å². The summed E-state index contributed by atoms with van der Waals surface area (Å²) in [5, 5.41) is 6.60. The third-order valence-electron chi connectivity index (χ3n) is 1.83. The zero-order chi connectivity index (χ0) is 9.23. The van der Waals surface area contributed by atoms with Crippen LogP contribution in [0.25, 0.3) is 0 Å². The Bertz CT molecular complexity index is 81.9. The van der Waals surface area contributed by atoms with Crippen LogP contribution in [0.3, 0.4) is 0 Å². The lowest BCUT2D eigenvalue weighted by atomic mass is 10.2. The van der Waals surface area contributed by atoms with Gasteiger partial charge in [-0.15, -0.1) is 0 Å². The molecule has 0 atom stereocenters. The molecule has 0 rings (SSSR count). The van der Waals surface area contributed by atoms with Crippen LogP contribution in [0.4, 0.5) is 0 Å². The fourth-order valence-electron chi connectivity index (χ4n) is 1.12. The maximum atomic E-state index is 3.44. The van der Waals surface area contributed by atoms with Gasteiger partial charge in [0.25, 0.3) is 0 Å². The molecule has 0 heterocycles. The highest BCUT2D eigenvalue weighted by atomic mass is 14.8. The van der Waals surface area contributed by atoms with Crippen molar-refractivity contribution in [2.45, 2.75) is 33.1 Å². The van der Waals surface area contributed by atoms with Crippen LogP contribution in [-0.2, 0) is 0 Å². The van der Waals surface area contributed by atoms with Gasteiger partial charge in [-0.25, -0.2) is 0 Å². The van der Waals surface area contributed by atoms with Crippen LogP contribution in [-0.4, -0.2) is 26.7 Å². The SMILES string of the molecule is CNCCCCCNCC(C)C. The zero-order valence-corrected chi connectivity index (χ0v) is 8.82. The molecule has 2 nitrogen and oxygen atoms in total. The predicted molar refractivity (Wildman–Crippen MR) is 55.5 cm³/mol. The van der Waals surface area contributed by atoms with Crippen molar-refractivity contribution < 1.29 is 0 Å². The van der Waals surface area contributed by atoms with Crippen molar-refractivity contribution in [3.8, 4) is 0 Å². The second kappa shape index (κ2) is 9.01. The van der Waals surface area contributed by atoms with Crippen LogP contribution in [0.1, 0.15) is 33.1 Å². The number of hydrogen-bond acceptors (Lipinski definition) is 2. The van der Waals surface area contributed by atoms with E-state index in [4.69, 9.17) is 0 Å². The Balaban J connectivity index is 2.82. The fraction of sp³-hybridized carbons (Fsp3) is 1.00. The summed E-state index contributed by atoms with van der Waals surface area (Å²) in [5.41, 5.74) is 0. The molecule has 2 heteroatoms. The van der Waals surface area contributed by atoms with E-state index in [0.29, 0.717) is 0 Å². The Morgan fingerprint density at radius 3 is 2.25 bits per heavy atom. The first-order chi connectivity index (χ1) is 5.77. The van der Waals surface area contributed by atoms with Gasteiger partial charge in [-0.1, -0.05) is 20.3 Å². The van der Waals surface area contributed by atoms with Gasteiger partial charge >= 0.3 is 0 Å². The first-order valence-corrected chi connectivity index (χ1v) is 5.12. The van der Waals surface area contributed by atoms with Gasteiger partial charge in [-0.3, -0.25) is 0 Å². The average Bonchev–Trinajstić information content (AvgIpc) is 2.02. The van der Waals surface area contributed by atoms with E-state index in [1.807, 2.05) is 7.05 Å². The molecule has 0 radical (unpaired) electrons. The first-order valence-electron chi connectivity index (χ1n) is 5.12.